The number of alkyl halides is 2. The molecular formula is C8H13F2NO. The van der Waals surface area contributed by atoms with Gasteiger partial charge in [0.2, 0.25) is 0 Å². The van der Waals surface area contributed by atoms with E-state index >= 15 is 0 Å². The number of hydrogen-bond acceptors (Lipinski definition) is 2. The Hall–Kier alpha value is -0.510. The molecule has 0 aromatic heterocycles. The number of hydrogen-bond donors (Lipinski definition) is 1. The van der Waals surface area contributed by atoms with Crippen molar-refractivity contribution < 1.29 is 13.6 Å². The second-order valence-corrected chi connectivity index (χ2v) is 3.30. The fraction of sp³-hybridized carbons (Fsp3) is 0.875. The van der Waals surface area contributed by atoms with Crippen molar-refractivity contribution in [3.8, 4) is 0 Å². The maximum absolute atomic E-state index is 12.9. The maximum atomic E-state index is 12.9. The van der Waals surface area contributed by atoms with Crippen LogP contribution in [0, 0.1) is 5.92 Å². The van der Waals surface area contributed by atoms with Crippen LogP contribution >= 0.6 is 0 Å². The minimum atomic E-state index is -2.85. The standard InChI is InChI=1S/C8H13F2NO/c9-8(10,5-11)6-2-1-3-7(12)4-6/h6H,1-5,11H2. The number of rotatable bonds is 2. The van der Waals surface area contributed by atoms with Gasteiger partial charge in [-0.1, -0.05) is 0 Å². The van der Waals surface area contributed by atoms with Gasteiger partial charge in [0.15, 0.2) is 0 Å². The molecule has 0 amide bonds. The lowest BCUT2D eigenvalue weighted by Crippen LogP contribution is -2.39. The largest absolute Gasteiger partial charge is 0.325 e. The highest BCUT2D eigenvalue weighted by Gasteiger charge is 2.40. The van der Waals surface area contributed by atoms with Gasteiger partial charge >= 0.3 is 0 Å². The highest BCUT2D eigenvalue weighted by Crippen LogP contribution is 2.34. The van der Waals surface area contributed by atoms with E-state index in [1.54, 1.807) is 0 Å². The van der Waals surface area contributed by atoms with E-state index in [9.17, 15) is 13.6 Å². The van der Waals surface area contributed by atoms with Crippen molar-refractivity contribution >= 4 is 5.78 Å². The summed E-state index contributed by atoms with van der Waals surface area (Å²) in [6.07, 6.45) is 1.47. The van der Waals surface area contributed by atoms with E-state index in [4.69, 9.17) is 5.73 Å². The predicted octanol–water partition coefficient (Wildman–Crippen LogP) is 1.34. The lowest BCUT2D eigenvalue weighted by Gasteiger charge is -2.28. The van der Waals surface area contributed by atoms with Gasteiger partial charge in [-0.3, -0.25) is 4.79 Å². The average Bonchev–Trinajstić information content (AvgIpc) is 2.05. The number of carbonyl (C=O) groups excluding carboxylic acids is 1. The van der Waals surface area contributed by atoms with E-state index in [0.717, 1.165) is 0 Å². The van der Waals surface area contributed by atoms with Crippen LogP contribution in [0.3, 0.4) is 0 Å². The summed E-state index contributed by atoms with van der Waals surface area (Å²) in [6.45, 7) is -0.648. The van der Waals surface area contributed by atoms with Crippen molar-refractivity contribution in [3.05, 3.63) is 0 Å². The monoisotopic (exact) mass is 177 g/mol. The molecule has 0 spiro atoms. The topological polar surface area (TPSA) is 43.1 Å². The van der Waals surface area contributed by atoms with E-state index in [1.165, 1.54) is 0 Å². The van der Waals surface area contributed by atoms with Crippen LogP contribution in [-0.4, -0.2) is 18.3 Å². The van der Waals surface area contributed by atoms with Crippen LogP contribution in [0.1, 0.15) is 25.7 Å². The molecule has 1 atom stereocenters. The first-order valence-corrected chi connectivity index (χ1v) is 4.16. The minimum Gasteiger partial charge on any atom is -0.325 e. The summed E-state index contributed by atoms with van der Waals surface area (Å²) < 4.78 is 25.9. The molecule has 1 fully saturated rings. The third-order valence-electron chi connectivity index (χ3n) is 2.35. The third-order valence-corrected chi connectivity index (χ3v) is 2.35. The van der Waals surface area contributed by atoms with Gasteiger partial charge < -0.3 is 5.73 Å². The van der Waals surface area contributed by atoms with Gasteiger partial charge in [0.05, 0.1) is 6.54 Å². The molecule has 0 aromatic carbocycles. The molecule has 0 saturated heterocycles. The van der Waals surface area contributed by atoms with Crippen molar-refractivity contribution in [1.29, 1.82) is 0 Å². The molecule has 0 radical (unpaired) electrons. The normalized spacial score (nSPS) is 25.9. The van der Waals surface area contributed by atoms with Crippen LogP contribution in [0.15, 0.2) is 0 Å². The molecule has 12 heavy (non-hydrogen) atoms. The molecule has 4 heteroatoms. The quantitative estimate of drug-likeness (QED) is 0.691. The molecule has 1 rings (SSSR count). The number of carbonyl (C=O) groups is 1. The number of ketones is 1. The van der Waals surface area contributed by atoms with Gasteiger partial charge in [-0.15, -0.1) is 0 Å². The number of nitrogens with two attached hydrogens (primary N) is 1. The molecule has 1 saturated carbocycles. The Balaban J connectivity index is 2.56. The third kappa shape index (κ3) is 2.00. The zero-order valence-electron chi connectivity index (χ0n) is 6.85. The van der Waals surface area contributed by atoms with Crippen LogP contribution < -0.4 is 5.73 Å². The van der Waals surface area contributed by atoms with Gasteiger partial charge in [0, 0.05) is 18.8 Å². The second-order valence-electron chi connectivity index (χ2n) is 3.30. The van der Waals surface area contributed by atoms with Crippen LogP contribution in [0.5, 0.6) is 0 Å². The van der Waals surface area contributed by atoms with Gasteiger partial charge in [0.1, 0.15) is 5.78 Å². The van der Waals surface area contributed by atoms with Gasteiger partial charge in [-0.05, 0) is 12.8 Å². The van der Waals surface area contributed by atoms with Crippen LogP contribution in [-0.2, 0) is 4.79 Å². The zero-order chi connectivity index (χ0) is 9.19. The number of halogens is 2. The summed E-state index contributed by atoms with van der Waals surface area (Å²) in [4.78, 5) is 10.9. The zero-order valence-corrected chi connectivity index (χ0v) is 6.85. The summed E-state index contributed by atoms with van der Waals surface area (Å²) >= 11 is 0. The summed E-state index contributed by atoms with van der Waals surface area (Å²) in [5, 5.41) is 0. The van der Waals surface area contributed by atoms with Crippen molar-refractivity contribution in [2.75, 3.05) is 6.54 Å². The average molecular weight is 177 g/mol. The Morgan fingerprint density at radius 1 is 1.58 bits per heavy atom. The Morgan fingerprint density at radius 3 is 2.75 bits per heavy atom. The lowest BCUT2D eigenvalue weighted by atomic mass is 9.84. The van der Waals surface area contributed by atoms with E-state index < -0.39 is 18.4 Å². The molecule has 2 N–H and O–H groups in total. The lowest BCUT2D eigenvalue weighted by molar-refractivity contribution is -0.128. The molecule has 0 heterocycles. The highest BCUT2D eigenvalue weighted by atomic mass is 19.3. The molecule has 0 aromatic rings. The second kappa shape index (κ2) is 3.47. The first kappa shape index (κ1) is 9.58. The fourth-order valence-corrected chi connectivity index (χ4v) is 1.55. The summed E-state index contributed by atoms with van der Waals surface area (Å²) in [6, 6.07) is 0. The maximum Gasteiger partial charge on any atom is 0.263 e. The first-order chi connectivity index (χ1) is 5.56. The molecule has 0 bridgehead atoms. The summed E-state index contributed by atoms with van der Waals surface area (Å²) in [5.74, 6) is -3.72. The Labute approximate surface area is 70.1 Å². The van der Waals surface area contributed by atoms with Crippen LogP contribution in [0.4, 0.5) is 8.78 Å². The Kier molecular flexibility index (Phi) is 2.77. The van der Waals surface area contributed by atoms with Crippen LogP contribution in [0.25, 0.3) is 0 Å². The molecule has 1 unspecified atom stereocenters. The smallest absolute Gasteiger partial charge is 0.263 e. The van der Waals surface area contributed by atoms with Gasteiger partial charge in [-0.2, -0.15) is 0 Å². The van der Waals surface area contributed by atoms with E-state index in [1.807, 2.05) is 0 Å². The molecule has 1 aliphatic rings. The summed E-state index contributed by atoms with van der Waals surface area (Å²) in [5.41, 5.74) is 4.92. The molecule has 1 aliphatic carbocycles. The van der Waals surface area contributed by atoms with E-state index in [-0.39, 0.29) is 12.2 Å². The summed E-state index contributed by atoms with van der Waals surface area (Å²) in [7, 11) is 0. The van der Waals surface area contributed by atoms with Crippen LogP contribution in [0.2, 0.25) is 0 Å². The molecule has 70 valence electrons. The number of Topliss-reactive ketones (excluding diaryl/α,β-unsaturated/α-hetero) is 1. The fourth-order valence-electron chi connectivity index (χ4n) is 1.55. The molecule has 0 aliphatic heterocycles. The van der Waals surface area contributed by atoms with E-state index in [2.05, 4.69) is 0 Å². The van der Waals surface area contributed by atoms with Crippen molar-refractivity contribution in [2.45, 2.75) is 31.6 Å². The SMILES string of the molecule is NCC(F)(F)C1CCCC(=O)C1. The highest BCUT2D eigenvalue weighted by molar-refractivity contribution is 5.79. The van der Waals surface area contributed by atoms with Crippen molar-refractivity contribution in [2.24, 2.45) is 11.7 Å². The van der Waals surface area contributed by atoms with Gasteiger partial charge in [0.25, 0.3) is 5.92 Å². The molecule has 2 nitrogen and oxygen atoms in total. The Bertz CT molecular complexity index is 182. The first-order valence-electron chi connectivity index (χ1n) is 4.16. The predicted molar refractivity (Wildman–Crippen MR) is 41.0 cm³/mol. The minimum absolute atomic E-state index is 0.00417. The van der Waals surface area contributed by atoms with E-state index in [0.29, 0.717) is 19.3 Å². The van der Waals surface area contributed by atoms with Crippen molar-refractivity contribution in [1.82, 2.24) is 0 Å². The Morgan fingerprint density at radius 2 is 2.25 bits per heavy atom. The van der Waals surface area contributed by atoms with Crippen molar-refractivity contribution in [3.63, 3.8) is 0 Å². The molecular weight excluding hydrogens is 164 g/mol. The van der Waals surface area contributed by atoms with Gasteiger partial charge in [-0.25, -0.2) is 8.78 Å².